The summed E-state index contributed by atoms with van der Waals surface area (Å²) in [5.74, 6) is 0.477. The van der Waals surface area contributed by atoms with Gasteiger partial charge < -0.3 is 4.98 Å². The smallest absolute Gasteiger partial charge is 0.341 e. The molecular formula is C22H18ClF3N6. The fourth-order valence-electron chi connectivity index (χ4n) is 3.54. The van der Waals surface area contributed by atoms with Crippen LogP contribution >= 0.6 is 11.6 Å². The van der Waals surface area contributed by atoms with Crippen LogP contribution in [0.25, 0.3) is 22.3 Å². The Morgan fingerprint density at radius 2 is 1.84 bits per heavy atom. The van der Waals surface area contributed by atoms with Crippen molar-refractivity contribution in [3.63, 3.8) is 0 Å². The van der Waals surface area contributed by atoms with Crippen molar-refractivity contribution in [2.45, 2.75) is 38.8 Å². The Morgan fingerprint density at radius 1 is 1.12 bits per heavy atom. The van der Waals surface area contributed by atoms with E-state index in [2.05, 4.69) is 31.2 Å². The number of halogens is 4. The molecule has 0 atom stereocenters. The SMILES string of the molecule is CC(C)(C)c1n[nH]c(Cc2nc3c(Cl)nc(-c4ccccc4C(F)(F)F)cc3[nH]2)c1C#N. The zero-order chi connectivity index (χ0) is 23.3. The molecule has 164 valence electrons. The number of aromatic nitrogens is 5. The first-order chi connectivity index (χ1) is 15.0. The van der Waals surface area contributed by atoms with E-state index in [1.54, 1.807) is 0 Å². The van der Waals surface area contributed by atoms with Gasteiger partial charge in [-0.15, -0.1) is 0 Å². The van der Waals surface area contributed by atoms with Crippen LogP contribution in [0.4, 0.5) is 13.2 Å². The van der Waals surface area contributed by atoms with Crippen LogP contribution in [0.1, 0.15) is 49.1 Å². The molecule has 4 aromatic rings. The third-order valence-corrected chi connectivity index (χ3v) is 5.26. The van der Waals surface area contributed by atoms with E-state index in [1.807, 2.05) is 20.8 Å². The average Bonchev–Trinajstić information content (AvgIpc) is 3.31. The fourth-order valence-corrected chi connectivity index (χ4v) is 3.77. The van der Waals surface area contributed by atoms with E-state index in [0.717, 1.165) is 6.07 Å². The Hall–Kier alpha value is -3.38. The second kappa shape index (κ2) is 7.64. The Morgan fingerprint density at radius 3 is 2.50 bits per heavy atom. The minimum atomic E-state index is -4.53. The van der Waals surface area contributed by atoms with Crippen LogP contribution in [-0.2, 0) is 18.0 Å². The molecule has 0 saturated carbocycles. The number of hydrogen-bond acceptors (Lipinski definition) is 4. The van der Waals surface area contributed by atoms with E-state index in [1.165, 1.54) is 24.3 Å². The van der Waals surface area contributed by atoms with E-state index in [0.29, 0.717) is 33.8 Å². The van der Waals surface area contributed by atoms with Gasteiger partial charge in [0.2, 0.25) is 0 Å². The molecule has 0 bridgehead atoms. The van der Waals surface area contributed by atoms with Crippen molar-refractivity contribution < 1.29 is 13.2 Å². The summed E-state index contributed by atoms with van der Waals surface area (Å²) in [6, 6.07) is 8.86. The number of nitrogens with one attached hydrogen (secondary N) is 2. The van der Waals surface area contributed by atoms with Gasteiger partial charge in [0.1, 0.15) is 17.4 Å². The molecule has 0 fully saturated rings. The summed E-state index contributed by atoms with van der Waals surface area (Å²) in [7, 11) is 0. The first-order valence-electron chi connectivity index (χ1n) is 9.68. The number of hydrogen-bond donors (Lipinski definition) is 2. The molecule has 0 aliphatic rings. The lowest BCUT2D eigenvalue weighted by molar-refractivity contribution is -0.137. The molecule has 3 heterocycles. The number of benzene rings is 1. The quantitative estimate of drug-likeness (QED) is 0.380. The topological polar surface area (TPSA) is 94.0 Å². The van der Waals surface area contributed by atoms with Crippen LogP contribution in [0, 0.1) is 11.3 Å². The third-order valence-electron chi connectivity index (χ3n) is 4.99. The largest absolute Gasteiger partial charge is 0.417 e. The number of aromatic amines is 2. The summed E-state index contributed by atoms with van der Waals surface area (Å²) in [4.78, 5) is 11.7. The molecule has 4 rings (SSSR count). The highest BCUT2D eigenvalue weighted by atomic mass is 35.5. The van der Waals surface area contributed by atoms with Crippen molar-refractivity contribution in [3.8, 4) is 17.3 Å². The summed E-state index contributed by atoms with van der Waals surface area (Å²) >= 11 is 6.27. The molecule has 0 radical (unpaired) electrons. The van der Waals surface area contributed by atoms with Crippen LogP contribution < -0.4 is 0 Å². The summed E-state index contributed by atoms with van der Waals surface area (Å²) in [5, 5.41) is 16.8. The first kappa shape index (κ1) is 21.8. The molecule has 32 heavy (non-hydrogen) atoms. The van der Waals surface area contributed by atoms with Gasteiger partial charge in [-0.2, -0.15) is 23.5 Å². The summed E-state index contributed by atoms with van der Waals surface area (Å²) in [6.45, 7) is 5.88. The second-order valence-electron chi connectivity index (χ2n) is 8.39. The monoisotopic (exact) mass is 458 g/mol. The molecule has 0 aliphatic heterocycles. The predicted octanol–water partition coefficient (Wildman–Crippen LogP) is 5.78. The highest BCUT2D eigenvalue weighted by Gasteiger charge is 2.34. The highest BCUT2D eigenvalue weighted by Crippen LogP contribution is 2.37. The van der Waals surface area contributed by atoms with Crippen molar-refractivity contribution in [2.24, 2.45) is 0 Å². The minimum absolute atomic E-state index is 0.0162. The van der Waals surface area contributed by atoms with Crippen molar-refractivity contribution in [1.29, 1.82) is 5.26 Å². The van der Waals surface area contributed by atoms with Crippen molar-refractivity contribution >= 4 is 22.6 Å². The molecule has 2 N–H and O–H groups in total. The Balaban J connectivity index is 1.76. The number of nitrogens with zero attached hydrogens (tertiary/aromatic N) is 4. The zero-order valence-electron chi connectivity index (χ0n) is 17.4. The third kappa shape index (κ3) is 3.94. The lowest BCUT2D eigenvalue weighted by atomic mass is 9.89. The van der Waals surface area contributed by atoms with Crippen LogP contribution in [0.5, 0.6) is 0 Å². The van der Waals surface area contributed by atoms with Crippen LogP contribution in [0.3, 0.4) is 0 Å². The Labute approximate surface area is 186 Å². The number of rotatable bonds is 3. The van der Waals surface area contributed by atoms with E-state index in [-0.39, 0.29) is 28.2 Å². The molecule has 10 heteroatoms. The van der Waals surface area contributed by atoms with Gasteiger partial charge in [-0.05, 0) is 12.1 Å². The number of alkyl halides is 3. The number of nitriles is 1. The number of pyridine rings is 1. The lowest BCUT2D eigenvalue weighted by Crippen LogP contribution is -2.13. The maximum absolute atomic E-state index is 13.4. The van der Waals surface area contributed by atoms with Gasteiger partial charge >= 0.3 is 6.18 Å². The average molecular weight is 459 g/mol. The van der Waals surface area contributed by atoms with Crippen LogP contribution in [0.2, 0.25) is 5.15 Å². The standard InChI is InChI=1S/C22H18ClF3N6/c1-21(2,3)19-12(10-27)15(31-32-19)9-17-28-16-8-14(29-20(23)18(16)30-17)11-6-4-5-7-13(11)22(24,25)26/h4-8H,9H2,1-3H3,(H,28,30)(H,31,32). The number of imidazole rings is 1. The summed E-state index contributed by atoms with van der Waals surface area (Å²) in [6.07, 6.45) is -4.29. The van der Waals surface area contributed by atoms with E-state index in [9.17, 15) is 18.4 Å². The Bertz CT molecular complexity index is 1350. The first-order valence-corrected chi connectivity index (χ1v) is 10.1. The van der Waals surface area contributed by atoms with E-state index >= 15 is 0 Å². The van der Waals surface area contributed by atoms with Gasteiger partial charge in [0, 0.05) is 17.4 Å². The van der Waals surface area contributed by atoms with E-state index < -0.39 is 11.7 Å². The maximum Gasteiger partial charge on any atom is 0.417 e. The highest BCUT2D eigenvalue weighted by molar-refractivity contribution is 6.33. The van der Waals surface area contributed by atoms with Crippen molar-refractivity contribution in [1.82, 2.24) is 25.1 Å². The van der Waals surface area contributed by atoms with Crippen molar-refractivity contribution in [2.75, 3.05) is 0 Å². The molecule has 0 spiro atoms. The molecule has 0 saturated heterocycles. The molecule has 6 nitrogen and oxygen atoms in total. The molecule has 3 aromatic heterocycles. The van der Waals surface area contributed by atoms with Gasteiger partial charge in [0.25, 0.3) is 0 Å². The van der Waals surface area contributed by atoms with Crippen molar-refractivity contribution in [3.05, 3.63) is 63.8 Å². The summed E-state index contributed by atoms with van der Waals surface area (Å²) < 4.78 is 40.3. The van der Waals surface area contributed by atoms with Crippen LogP contribution in [-0.4, -0.2) is 25.1 Å². The van der Waals surface area contributed by atoms with Gasteiger partial charge in [-0.25, -0.2) is 9.97 Å². The van der Waals surface area contributed by atoms with Gasteiger partial charge in [0.05, 0.1) is 33.7 Å². The predicted molar refractivity (Wildman–Crippen MR) is 114 cm³/mol. The van der Waals surface area contributed by atoms with Crippen LogP contribution in [0.15, 0.2) is 30.3 Å². The normalized spacial score (nSPS) is 12.3. The number of H-pyrrole nitrogens is 2. The molecule has 0 aliphatic carbocycles. The maximum atomic E-state index is 13.4. The minimum Gasteiger partial charge on any atom is -0.341 e. The molecule has 1 aromatic carbocycles. The van der Waals surface area contributed by atoms with E-state index in [4.69, 9.17) is 11.6 Å². The number of fused-ring (bicyclic) bond motifs is 1. The molecule has 0 unspecified atom stereocenters. The molecule has 0 amide bonds. The zero-order valence-corrected chi connectivity index (χ0v) is 18.2. The fraction of sp³-hybridized carbons (Fsp3) is 0.273. The molecular weight excluding hydrogens is 441 g/mol. The van der Waals surface area contributed by atoms with Gasteiger partial charge in [-0.3, -0.25) is 5.10 Å². The van der Waals surface area contributed by atoms with Gasteiger partial charge in [-0.1, -0.05) is 50.6 Å². The Kier molecular flexibility index (Phi) is 5.21. The second-order valence-corrected chi connectivity index (χ2v) is 8.74. The van der Waals surface area contributed by atoms with Gasteiger partial charge in [0.15, 0.2) is 5.15 Å². The summed E-state index contributed by atoms with van der Waals surface area (Å²) in [5.41, 5.74) is 1.36. The lowest BCUT2D eigenvalue weighted by Gasteiger charge is -2.15.